The van der Waals surface area contributed by atoms with Gasteiger partial charge in [-0.05, 0) is 25.0 Å². The van der Waals surface area contributed by atoms with Crippen LogP contribution in [0, 0.1) is 16.0 Å². The molecule has 2 atom stereocenters. The quantitative estimate of drug-likeness (QED) is 0.527. The summed E-state index contributed by atoms with van der Waals surface area (Å²) in [5, 5.41) is 21.7. The number of nitrogens with zero attached hydrogens (tertiary/aromatic N) is 1. The van der Waals surface area contributed by atoms with Gasteiger partial charge in [0, 0.05) is 19.2 Å². The molecule has 1 fully saturated rings. The van der Waals surface area contributed by atoms with Gasteiger partial charge in [0.25, 0.3) is 5.69 Å². The van der Waals surface area contributed by atoms with Crippen LogP contribution in [0.25, 0.3) is 0 Å². The average molecular weight is 342 g/mol. The molecule has 23 heavy (non-hydrogen) atoms. The second-order valence-corrected chi connectivity index (χ2v) is 6.94. The lowest BCUT2D eigenvalue weighted by molar-refractivity contribution is -0.384. The largest absolute Gasteiger partial charge is 0.376 e. The Hall–Kier alpha value is -2.20. The normalized spacial score (nSPS) is 21.0. The standard InChI is InChI=1S/C13H18N4O5S/c1-15-13(18)9-3-2-4-10(9)16-11-7-8(23(14,21)22)5-6-12(11)17(19)20/h5-7,9-10,16H,2-4H2,1H3,(H,15,18)(H2,14,21,22). The maximum absolute atomic E-state index is 11.9. The van der Waals surface area contributed by atoms with Crippen molar-refractivity contribution in [3.63, 3.8) is 0 Å². The molecule has 9 nitrogen and oxygen atoms in total. The van der Waals surface area contributed by atoms with Gasteiger partial charge in [0.1, 0.15) is 5.69 Å². The average Bonchev–Trinajstić information content (AvgIpc) is 2.93. The molecule has 1 saturated carbocycles. The highest BCUT2D eigenvalue weighted by atomic mass is 32.2. The number of anilines is 1. The number of amides is 1. The van der Waals surface area contributed by atoms with Gasteiger partial charge in [-0.15, -0.1) is 0 Å². The van der Waals surface area contributed by atoms with Gasteiger partial charge >= 0.3 is 0 Å². The van der Waals surface area contributed by atoms with E-state index >= 15 is 0 Å². The fourth-order valence-corrected chi connectivity index (χ4v) is 3.34. The number of hydrogen-bond acceptors (Lipinski definition) is 6. The van der Waals surface area contributed by atoms with Gasteiger partial charge in [-0.25, -0.2) is 13.6 Å². The number of primary sulfonamides is 1. The molecular formula is C13H18N4O5S. The van der Waals surface area contributed by atoms with E-state index in [1.54, 1.807) is 0 Å². The van der Waals surface area contributed by atoms with E-state index in [0.717, 1.165) is 24.6 Å². The minimum absolute atomic E-state index is 0.0438. The van der Waals surface area contributed by atoms with E-state index in [2.05, 4.69) is 10.6 Å². The van der Waals surface area contributed by atoms with Crippen LogP contribution in [0.5, 0.6) is 0 Å². The lowest BCUT2D eigenvalue weighted by atomic mass is 10.0. The van der Waals surface area contributed by atoms with Crippen LogP contribution in [0.3, 0.4) is 0 Å². The molecule has 0 saturated heterocycles. The summed E-state index contributed by atoms with van der Waals surface area (Å²) in [7, 11) is -2.45. The van der Waals surface area contributed by atoms with Gasteiger partial charge in [-0.2, -0.15) is 0 Å². The van der Waals surface area contributed by atoms with Crippen molar-refractivity contribution in [3.05, 3.63) is 28.3 Å². The van der Waals surface area contributed by atoms with Crippen molar-refractivity contribution in [2.45, 2.75) is 30.2 Å². The SMILES string of the molecule is CNC(=O)C1CCCC1Nc1cc(S(N)(=O)=O)ccc1[N+](=O)[O-]. The second-order valence-electron chi connectivity index (χ2n) is 5.38. The molecule has 0 bridgehead atoms. The van der Waals surface area contributed by atoms with E-state index < -0.39 is 14.9 Å². The Bertz CT molecular complexity index is 734. The van der Waals surface area contributed by atoms with Crippen LogP contribution in [-0.2, 0) is 14.8 Å². The number of nitro benzene ring substituents is 1. The van der Waals surface area contributed by atoms with E-state index in [-0.39, 0.29) is 34.1 Å². The Balaban J connectivity index is 2.37. The summed E-state index contributed by atoms with van der Waals surface area (Å²) in [4.78, 5) is 22.2. The third-order valence-corrected chi connectivity index (χ3v) is 4.84. The molecule has 10 heteroatoms. The number of benzene rings is 1. The maximum atomic E-state index is 11.9. The topological polar surface area (TPSA) is 144 Å². The zero-order valence-corrected chi connectivity index (χ0v) is 13.3. The van der Waals surface area contributed by atoms with Crippen LogP contribution in [-0.4, -0.2) is 32.3 Å². The third-order valence-electron chi connectivity index (χ3n) is 3.93. The summed E-state index contributed by atoms with van der Waals surface area (Å²) >= 11 is 0. The first-order valence-electron chi connectivity index (χ1n) is 7.03. The van der Waals surface area contributed by atoms with Crippen LogP contribution >= 0.6 is 0 Å². The van der Waals surface area contributed by atoms with E-state index in [1.807, 2.05) is 0 Å². The highest BCUT2D eigenvalue weighted by molar-refractivity contribution is 7.89. The minimum atomic E-state index is -3.98. The molecule has 0 aromatic heterocycles. The number of carbonyl (C=O) groups excluding carboxylic acids is 1. The molecule has 0 aliphatic heterocycles. The van der Waals surface area contributed by atoms with Crippen LogP contribution in [0.2, 0.25) is 0 Å². The van der Waals surface area contributed by atoms with E-state index in [9.17, 15) is 23.3 Å². The zero-order valence-electron chi connectivity index (χ0n) is 12.5. The molecule has 2 rings (SSSR count). The van der Waals surface area contributed by atoms with Crippen LogP contribution in [0.1, 0.15) is 19.3 Å². The van der Waals surface area contributed by atoms with E-state index in [1.165, 1.54) is 7.05 Å². The summed E-state index contributed by atoms with van der Waals surface area (Å²) in [6.07, 6.45) is 2.13. The van der Waals surface area contributed by atoms with Crippen molar-refractivity contribution in [2.75, 3.05) is 12.4 Å². The molecule has 0 heterocycles. The first-order valence-corrected chi connectivity index (χ1v) is 8.58. The fourth-order valence-electron chi connectivity index (χ4n) is 2.80. The zero-order chi connectivity index (χ0) is 17.2. The molecule has 0 spiro atoms. The Morgan fingerprint density at radius 2 is 2.09 bits per heavy atom. The molecule has 1 amide bonds. The number of hydrogen-bond donors (Lipinski definition) is 3. The Labute approximate surface area is 133 Å². The van der Waals surface area contributed by atoms with Crippen molar-refractivity contribution in [1.82, 2.24) is 5.32 Å². The molecule has 1 aromatic carbocycles. The smallest absolute Gasteiger partial charge is 0.292 e. The number of rotatable bonds is 5. The summed E-state index contributed by atoms with van der Waals surface area (Å²) in [6, 6.07) is 3.01. The molecule has 2 unspecified atom stereocenters. The lowest BCUT2D eigenvalue weighted by Gasteiger charge is -2.21. The van der Waals surface area contributed by atoms with Crippen LogP contribution < -0.4 is 15.8 Å². The molecule has 1 aliphatic carbocycles. The Kier molecular flexibility index (Phi) is 4.85. The first-order chi connectivity index (χ1) is 10.7. The van der Waals surface area contributed by atoms with Gasteiger partial charge in [0.15, 0.2) is 0 Å². The van der Waals surface area contributed by atoms with E-state index in [4.69, 9.17) is 5.14 Å². The van der Waals surface area contributed by atoms with Crippen molar-refractivity contribution >= 4 is 27.3 Å². The first kappa shape index (κ1) is 17.2. The molecule has 4 N–H and O–H groups in total. The molecule has 0 radical (unpaired) electrons. The Morgan fingerprint density at radius 3 is 2.65 bits per heavy atom. The minimum Gasteiger partial charge on any atom is -0.376 e. The molecule has 1 aromatic rings. The summed E-state index contributed by atoms with van der Waals surface area (Å²) in [5.74, 6) is -0.469. The van der Waals surface area contributed by atoms with Crippen molar-refractivity contribution in [2.24, 2.45) is 11.1 Å². The second kappa shape index (κ2) is 6.50. The Morgan fingerprint density at radius 1 is 1.39 bits per heavy atom. The van der Waals surface area contributed by atoms with Crippen LogP contribution in [0.15, 0.2) is 23.1 Å². The number of nitro groups is 1. The van der Waals surface area contributed by atoms with E-state index in [0.29, 0.717) is 12.8 Å². The van der Waals surface area contributed by atoms with Gasteiger partial charge < -0.3 is 10.6 Å². The summed E-state index contributed by atoms with van der Waals surface area (Å²) in [5.41, 5.74) is -0.220. The van der Waals surface area contributed by atoms with Crippen LogP contribution in [0.4, 0.5) is 11.4 Å². The molecular weight excluding hydrogens is 324 g/mol. The maximum Gasteiger partial charge on any atom is 0.292 e. The van der Waals surface area contributed by atoms with Gasteiger partial charge in [-0.1, -0.05) is 6.42 Å². The van der Waals surface area contributed by atoms with Crippen molar-refractivity contribution < 1.29 is 18.1 Å². The monoisotopic (exact) mass is 342 g/mol. The number of nitrogens with one attached hydrogen (secondary N) is 2. The number of sulfonamides is 1. The van der Waals surface area contributed by atoms with Gasteiger partial charge in [-0.3, -0.25) is 14.9 Å². The summed E-state index contributed by atoms with van der Waals surface area (Å²) < 4.78 is 22.9. The van der Waals surface area contributed by atoms with Gasteiger partial charge in [0.2, 0.25) is 15.9 Å². The predicted molar refractivity (Wildman–Crippen MR) is 83.3 cm³/mol. The summed E-state index contributed by atoms with van der Waals surface area (Å²) in [6.45, 7) is 0. The third kappa shape index (κ3) is 3.77. The predicted octanol–water partition coefficient (Wildman–Crippen LogP) is 0.569. The lowest BCUT2D eigenvalue weighted by Crippen LogP contribution is -2.36. The van der Waals surface area contributed by atoms with Crippen molar-refractivity contribution in [1.29, 1.82) is 0 Å². The highest BCUT2D eigenvalue weighted by Gasteiger charge is 2.33. The van der Waals surface area contributed by atoms with Gasteiger partial charge in [0.05, 0.1) is 15.7 Å². The molecule has 1 aliphatic rings. The highest BCUT2D eigenvalue weighted by Crippen LogP contribution is 2.33. The fraction of sp³-hybridized carbons (Fsp3) is 0.462. The molecule has 126 valence electrons. The number of nitrogens with two attached hydrogens (primary N) is 1. The number of carbonyl (C=O) groups is 1. The van der Waals surface area contributed by atoms with Crippen molar-refractivity contribution in [3.8, 4) is 0 Å².